The molecule has 0 spiro atoms. The van der Waals surface area contributed by atoms with E-state index in [1.54, 1.807) is 0 Å². The molecule has 0 rings (SSSR count). The maximum absolute atomic E-state index is 10.6. The Hall–Kier alpha value is -0.600. The van der Waals surface area contributed by atoms with Crippen LogP contribution in [0.1, 0.15) is 20.8 Å². The Morgan fingerprint density at radius 1 is 0.722 bits per heavy atom. The van der Waals surface area contributed by atoms with Gasteiger partial charge in [0.1, 0.15) is 12.6 Å². The van der Waals surface area contributed by atoms with E-state index in [-0.39, 0.29) is 53.8 Å². The van der Waals surface area contributed by atoms with Crippen LogP contribution in [0.5, 0.6) is 0 Å². The van der Waals surface area contributed by atoms with Crippen molar-refractivity contribution in [2.75, 3.05) is 107 Å². The third-order valence-corrected chi connectivity index (χ3v) is 5.79. The second-order valence-corrected chi connectivity index (χ2v) is 8.76. The third kappa shape index (κ3) is 11.8. The molecule has 15 heteroatoms. The smallest absolute Gasteiger partial charge is 0.188 e. The van der Waals surface area contributed by atoms with Gasteiger partial charge in [-0.3, -0.25) is 9.38 Å². The molecule has 0 aromatic heterocycles. The standard InChI is InChI=1S/C20H47N3O12.CH4/c1-2-3-34-11-21(6-19(32)7-22(12-26,13-27)14-28)20(8-24,9-25)10-33-4-5-35-18-23(15-29,16-30)17-31;/h19,24-32H,2-18H2,1H3;1H4/q+2;. The molecule has 0 aromatic carbocycles. The molecule has 0 fully saturated rings. The molecule has 220 valence electrons. The Morgan fingerprint density at radius 3 is 1.67 bits per heavy atom. The fraction of sp³-hybridized carbons (Fsp3) is 1.00. The molecule has 0 aliphatic heterocycles. The van der Waals surface area contributed by atoms with Crippen molar-refractivity contribution >= 4 is 0 Å². The van der Waals surface area contributed by atoms with E-state index in [0.717, 1.165) is 0 Å². The second kappa shape index (κ2) is 20.4. The van der Waals surface area contributed by atoms with Crippen molar-refractivity contribution in [3.8, 4) is 0 Å². The van der Waals surface area contributed by atoms with E-state index in [1.165, 1.54) is 4.90 Å². The van der Waals surface area contributed by atoms with Crippen LogP contribution in [-0.4, -0.2) is 178 Å². The second-order valence-electron chi connectivity index (χ2n) is 8.76. The van der Waals surface area contributed by atoms with E-state index in [0.29, 0.717) is 13.0 Å². The van der Waals surface area contributed by atoms with Gasteiger partial charge in [0.05, 0.1) is 45.3 Å². The minimum Gasteiger partial charge on any atom is -0.394 e. The summed E-state index contributed by atoms with van der Waals surface area (Å²) in [6.45, 7) is -2.87. The number of rotatable bonds is 24. The van der Waals surface area contributed by atoms with Crippen molar-refractivity contribution < 1.29 is 69.1 Å². The summed E-state index contributed by atoms with van der Waals surface area (Å²) in [6.07, 6.45) is -0.460. The Balaban J connectivity index is 0. The molecule has 0 saturated carbocycles. The minimum atomic E-state index is -1.36. The Morgan fingerprint density at radius 2 is 1.22 bits per heavy atom. The molecule has 0 radical (unpaired) electrons. The number of hydrogen-bond acceptors (Lipinski definition) is 13. The highest BCUT2D eigenvalue weighted by molar-refractivity contribution is 4.90. The van der Waals surface area contributed by atoms with Gasteiger partial charge in [0.25, 0.3) is 0 Å². The molecule has 15 nitrogen and oxygen atoms in total. The lowest BCUT2D eigenvalue weighted by molar-refractivity contribution is -0.991. The van der Waals surface area contributed by atoms with Crippen LogP contribution in [0.25, 0.3) is 0 Å². The van der Waals surface area contributed by atoms with E-state index < -0.39 is 74.2 Å². The number of quaternary nitrogens is 2. The molecule has 0 aliphatic rings. The van der Waals surface area contributed by atoms with Gasteiger partial charge >= 0.3 is 0 Å². The Bertz CT molecular complexity index is 492. The van der Waals surface area contributed by atoms with Gasteiger partial charge in [-0.2, -0.15) is 0 Å². The summed E-state index contributed by atoms with van der Waals surface area (Å²) in [5, 5.41) is 87.3. The first-order valence-electron chi connectivity index (χ1n) is 11.5. The van der Waals surface area contributed by atoms with Gasteiger partial charge < -0.3 is 60.2 Å². The topological polar surface area (TPSA) is 213 Å². The monoisotopic (exact) mass is 537 g/mol. The average molecular weight is 538 g/mol. The van der Waals surface area contributed by atoms with Gasteiger partial charge in [-0.25, -0.2) is 4.48 Å². The lowest BCUT2D eigenvalue weighted by Gasteiger charge is -2.43. The first-order valence-corrected chi connectivity index (χ1v) is 11.5. The summed E-state index contributed by atoms with van der Waals surface area (Å²) in [5.41, 5.74) is -1.36. The van der Waals surface area contributed by atoms with Gasteiger partial charge in [-0.1, -0.05) is 14.4 Å². The number of β-amino-alcohol motifs (C(OH)–C–C–N with tert-alkyl or cyclic N) is 1. The lowest BCUT2D eigenvalue weighted by Crippen LogP contribution is -2.62. The van der Waals surface area contributed by atoms with Crippen LogP contribution < -0.4 is 0 Å². The van der Waals surface area contributed by atoms with E-state index in [1.807, 2.05) is 6.92 Å². The SMILES string of the molecule is C.CCCOCN(CC(O)C[N+](CO)(CO)CO)C(CO)(CO)COCCOC[N+](CO)(CO)CO. The number of ether oxygens (including phenoxy) is 3. The zero-order valence-electron chi connectivity index (χ0n) is 20.7. The van der Waals surface area contributed by atoms with Gasteiger partial charge in [0, 0.05) is 13.2 Å². The Kier molecular flexibility index (Phi) is 21.3. The normalized spacial score (nSPS) is 13.8. The van der Waals surface area contributed by atoms with Gasteiger partial charge in [-0.05, 0) is 6.42 Å². The summed E-state index contributed by atoms with van der Waals surface area (Å²) in [5.74, 6) is 0. The van der Waals surface area contributed by atoms with Crippen molar-refractivity contribution in [2.45, 2.75) is 32.4 Å². The van der Waals surface area contributed by atoms with Gasteiger partial charge in [0.15, 0.2) is 47.1 Å². The van der Waals surface area contributed by atoms with Crippen LogP contribution in [-0.2, 0) is 14.2 Å². The highest BCUT2D eigenvalue weighted by Crippen LogP contribution is 2.18. The van der Waals surface area contributed by atoms with Crippen molar-refractivity contribution in [1.29, 1.82) is 0 Å². The van der Waals surface area contributed by atoms with E-state index >= 15 is 0 Å². The average Bonchev–Trinajstić information content (AvgIpc) is 2.89. The molecule has 0 aromatic rings. The number of aliphatic hydroxyl groups excluding tert-OH is 9. The van der Waals surface area contributed by atoms with Gasteiger partial charge in [-0.15, -0.1) is 0 Å². The van der Waals surface area contributed by atoms with Crippen LogP contribution in [0, 0.1) is 0 Å². The summed E-state index contributed by atoms with van der Waals surface area (Å²) >= 11 is 0. The maximum atomic E-state index is 10.6. The molecular formula is C21H51N3O12+2. The van der Waals surface area contributed by atoms with Crippen LogP contribution in [0.15, 0.2) is 0 Å². The molecular weight excluding hydrogens is 486 g/mol. The Labute approximate surface area is 213 Å². The molecule has 0 saturated heterocycles. The van der Waals surface area contributed by atoms with Gasteiger partial charge in [0.2, 0.25) is 0 Å². The van der Waals surface area contributed by atoms with Crippen molar-refractivity contribution in [3.63, 3.8) is 0 Å². The fourth-order valence-electron chi connectivity index (χ4n) is 3.10. The maximum Gasteiger partial charge on any atom is 0.188 e. The number of nitrogens with zero attached hydrogens (tertiary/aromatic N) is 3. The predicted octanol–water partition coefficient (Wildman–Crippen LogP) is -4.28. The van der Waals surface area contributed by atoms with E-state index in [9.17, 15) is 46.0 Å². The quantitative estimate of drug-likeness (QED) is 0.0324. The highest BCUT2D eigenvalue weighted by Gasteiger charge is 2.39. The molecule has 0 bridgehead atoms. The summed E-state index contributed by atoms with van der Waals surface area (Å²) < 4.78 is 15.4. The van der Waals surface area contributed by atoms with Crippen LogP contribution in [0.2, 0.25) is 0 Å². The summed E-state index contributed by atoms with van der Waals surface area (Å²) in [7, 11) is 0. The summed E-state index contributed by atoms with van der Waals surface area (Å²) in [6, 6.07) is 0. The third-order valence-electron chi connectivity index (χ3n) is 5.79. The zero-order valence-corrected chi connectivity index (χ0v) is 20.7. The first-order chi connectivity index (χ1) is 16.8. The zero-order chi connectivity index (χ0) is 26.8. The van der Waals surface area contributed by atoms with E-state index in [2.05, 4.69) is 0 Å². The molecule has 36 heavy (non-hydrogen) atoms. The lowest BCUT2D eigenvalue weighted by atomic mass is 10.00. The first kappa shape index (κ1) is 37.6. The number of hydrogen-bond donors (Lipinski definition) is 9. The van der Waals surface area contributed by atoms with Crippen molar-refractivity contribution in [1.82, 2.24) is 4.90 Å². The van der Waals surface area contributed by atoms with Crippen molar-refractivity contribution in [2.24, 2.45) is 0 Å². The molecule has 0 aliphatic carbocycles. The number of aliphatic hydroxyl groups is 9. The predicted molar refractivity (Wildman–Crippen MR) is 127 cm³/mol. The molecule has 1 atom stereocenters. The molecule has 0 amide bonds. The van der Waals surface area contributed by atoms with Crippen LogP contribution in [0.4, 0.5) is 0 Å². The minimum absolute atomic E-state index is 0. The summed E-state index contributed by atoms with van der Waals surface area (Å²) in [4.78, 5) is 1.50. The highest BCUT2D eigenvalue weighted by atomic mass is 16.5. The van der Waals surface area contributed by atoms with Crippen LogP contribution in [0.3, 0.4) is 0 Å². The van der Waals surface area contributed by atoms with Crippen LogP contribution >= 0.6 is 0 Å². The fourth-order valence-corrected chi connectivity index (χ4v) is 3.10. The van der Waals surface area contributed by atoms with E-state index in [4.69, 9.17) is 14.2 Å². The molecule has 1 unspecified atom stereocenters. The molecule has 9 N–H and O–H groups in total. The largest absolute Gasteiger partial charge is 0.394 e. The molecule has 0 heterocycles. The van der Waals surface area contributed by atoms with Crippen molar-refractivity contribution in [3.05, 3.63) is 0 Å².